The van der Waals surface area contributed by atoms with E-state index in [1.165, 1.54) is 6.42 Å². The van der Waals surface area contributed by atoms with Crippen molar-refractivity contribution in [2.45, 2.75) is 25.3 Å². The molecule has 0 saturated heterocycles. The Balaban J connectivity index is 2.46. The maximum atomic E-state index is 5.31. The third kappa shape index (κ3) is 1.13. The first-order chi connectivity index (χ1) is 4.65. The smallest absolute Gasteiger partial charge is 0.327 e. The SMILES string of the molecule is CO[SiH](OC)C1(C)CC1C. The molecule has 0 radical (unpaired) electrons. The van der Waals surface area contributed by atoms with E-state index in [0.717, 1.165) is 5.92 Å². The molecule has 0 aromatic carbocycles. The molecule has 10 heavy (non-hydrogen) atoms. The summed E-state index contributed by atoms with van der Waals surface area (Å²) in [5, 5.41) is 0.420. The van der Waals surface area contributed by atoms with E-state index in [1.54, 1.807) is 14.2 Å². The van der Waals surface area contributed by atoms with Gasteiger partial charge in [0.15, 0.2) is 0 Å². The van der Waals surface area contributed by atoms with Gasteiger partial charge in [-0.25, -0.2) is 0 Å². The highest BCUT2D eigenvalue weighted by Crippen LogP contribution is 2.61. The van der Waals surface area contributed by atoms with Crippen LogP contribution in [0.3, 0.4) is 0 Å². The average Bonchev–Trinajstić information content (AvgIpc) is 2.44. The van der Waals surface area contributed by atoms with Crippen molar-refractivity contribution in [2.75, 3.05) is 14.2 Å². The fourth-order valence-electron chi connectivity index (χ4n) is 1.56. The fourth-order valence-corrected chi connectivity index (χ4v) is 3.84. The second-order valence-electron chi connectivity index (χ2n) is 3.41. The molecule has 1 rings (SSSR count). The van der Waals surface area contributed by atoms with Crippen molar-refractivity contribution in [3.05, 3.63) is 0 Å². The third-order valence-corrected chi connectivity index (χ3v) is 5.42. The Labute approximate surface area is 64.4 Å². The van der Waals surface area contributed by atoms with Gasteiger partial charge in [-0.3, -0.25) is 0 Å². The van der Waals surface area contributed by atoms with Crippen LogP contribution in [0.4, 0.5) is 0 Å². The van der Waals surface area contributed by atoms with Gasteiger partial charge in [0, 0.05) is 19.3 Å². The Morgan fingerprint density at radius 3 is 1.90 bits per heavy atom. The molecule has 3 heteroatoms. The highest BCUT2D eigenvalue weighted by atomic mass is 28.3. The molecule has 0 aromatic rings. The van der Waals surface area contributed by atoms with Gasteiger partial charge in [0.25, 0.3) is 0 Å². The second kappa shape index (κ2) is 2.64. The van der Waals surface area contributed by atoms with Gasteiger partial charge in [-0.15, -0.1) is 0 Å². The quantitative estimate of drug-likeness (QED) is 0.579. The van der Waals surface area contributed by atoms with Crippen LogP contribution in [0.2, 0.25) is 5.04 Å². The minimum atomic E-state index is -1.33. The molecule has 0 aromatic heterocycles. The molecule has 1 fully saturated rings. The minimum absolute atomic E-state index is 0.420. The summed E-state index contributed by atoms with van der Waals surface area (Å²) in [6, 6.07) is 0. The number of hydrogen-bond donors (Lipinski definition) is 0. The lowest BCUT2D eigenvalue weighted by Gasteiger charge is -2.17. The van der Waals surface area contributed by atoms with Crippen LogP contribution in [0.25, 0.3) is 0 Å². The molecule has 0 aliphatic heterocycles. The largest absolute Gasteiger partial charge is 0.400 e. The van der Waals surface area contributed by atoms with Gasteiger partial charge in [0.1, 0.15) is 0 Å². The Kier molecular flexibility index (Phi) is 2.17. The molecule has 1 saturated carbocycles. The summed E-state index contributed by atoms with van der Waals surface area (Å²) >= 11 is 0. The molecule has 0 spiro atoms. The van der Waals surface area contributed by atoms with Crippen LogP contribution in [-0.4, -0.2) is 23.5 Å². The molecular weight excluding hydrogens is 144 g/mol. The minimum Gasteiger partial charge on any atom is -0.400 e. The van der Waals surface area contributed by atoms with E-state index in [1.807, 2.05) is 0 Å². The Hall–Kier alpha value is 0.137. The van der Waals surface area contributed by atoms with Gasteiger partial charge in [0.2, 0.25) is 0 Å². The van der Waals surface area contributed by atoms with Crippen LogP contribution in [0.5, 0.6) is 0 Å². The molecule has 0 N–H and O–H groups in total. The van der Waals surface area contributed by atoms with Crippen molar-refractivity contribution >= 4 is 9.28 Å². The summed E-state index contributed by atoms with van der Waals surface area (Å²) in [5.41, 5.74) is 0. The van der Waals surface area contributed by atoms with Crippen molar-refractivity contribution in [2.24, 2.45) is 5.92 Å². The first-order valence-corrected chi connectivity index (χ1v) is 5.22. The van der Waals surface area contributed by atoms with Gasteiger partial charge in [-0.05, 0) is 12.3 Å². The molecule has 2 nitrogen and oxygen atoms in total. The van der Waals surface area contributed by atoms with E-state index < -0.39 is 9.28 Å². The van der Waals surface area contributed by atoms with Crippen molar-refractivity contribution in [3.8, 4) is 0 Å². The van der Waals surface area contributed by atoms with Crippen LogP contribution < -0.4 is 0 Å². The van der Waals surface area contributed by atoms with E-state index in [-0.39, 0.29) is 0 Å². The summed E-state index contributed by atoms with van der Waals surface area (Å²) in [4.78, 5) is 0. The summed E-state index contributed by atoms with van der Waals surface area (Å²) in [6.07, 6.45) is 1.28. The highest BCUT2D eigenvalue weighted by molar-refractivity contribution is 6.49. The molecular formula is C7H16O2Si. The summed E-state index contributed by atoms with van der Waals surface area (Å²) in [5.74, 6) is 0.809. The topological polar surface area (TPSA) is 18.5 Å². The molecule has 0 bridgehead atoms. The summed E-state index contributed by atoms with van der Waals surface area (Å²) in [7, 11) is 2.19. The van der Waals surface area contributed by atoms with Crippen LogP contribution in [0, 0.1) is 5.92 Å². The summed E-state index contributed by atoms with van der Waals surface area (Å²) in [6.45, 7) is 4.53. The Morgan fingerprint density at radius 2 is 1.80 bits per heavy atom. The molecule has 0 amide bonds. The third-order valence-electron chi connectivity index (χ3n) is 2.68. The second-order valence-corrected chi connectivity index (χ2v) is 6.34. The predicted molar refractivity (Wildman–Crippen MR) is 43.3 cm³/mol. The van der Waals surface area contributed by atoms with Crippen molar-refractivity contribution in [1.82, 2.24) is 0 Å². The predicted octanol–water partition coefficient (Wildman–Crippen LogP) is 1.30. The maximum absolute atomic E-state index is 5.31. The molecule has 2 unspecified atom stereocenters. The van der Waals surface area contributed by atoms with Crippen molar-refractivity contribution in [1.29, 1.82) is 0 Å². The van der Waals surface area contributed by atoms with E-state index in [2.05, 4.69) is 13.8 Å². The zero-order valence-corrected chi connectivity index (χ0v) is 8.33. The molecule has 0 heterocycles. The first-order valence-electron chi connectivity index (χ1n) is 3.70. The standard InChI is InChI=1S/C7H16O2Si/c1-6-5-7(6,2)10(8-3)9-4/h6,10H,5H2,1-4H3. The molecule has 1 aliphatic rings. The maximum Gasteiger partial charge on any atom is 0.327 e. The van der Waals surface area contributed by atoms with Crippen molar-refractivity contribution in [3.63, 3.8) is 0 Å². The number of hydrogen-bond acceptors (Lipinski definition) is 2. The first kappa shape index (κ1) is 8.24. The van der Waals surface area contributed by atoms with Gasteiger partial charge >= 0.3 is 9.28 Å². The Bertz CT molecular complexity index is 125. The zero-order chi connectivity index (χ0) is 7.78. The van der Waals surface area contributed by atoms with Gasteiger partial charge in [-0.2, -0.15) is 0 Å². The number of rotatable bonds is 3. The van der Waals surface area contributed by atoms with E-state index in [9.17, 15) is 0 Å². The van der Waals surface area contributed by atoms with Crippen LogP contribution in [-0.2, 0) is 8.85 Å². The molecule has 60 valence electrons. The van der Waals surface area contributed by atoms with E-state index >= 15 is 0 Å². The lowest BCUT2D eigenvalue weighted by Crippen LogP contribution is -2.26. The van der Waals surface area contributed by atoms with Crippen LogP contribution >= 0.6 is 0 Å². The molecule has 2 atom stereocenters. The lowest BCUT2D eigenvalue weighted by molar-refractivity contribution is 0.261. The van der Waals surface area contributed by atoms with Gasteiger partial charge < -0.3 is 8.85 Å². The van der Waals surface area contributed by atoms with E-state index in [4.69, 9.17) is 8.85 Å². The fraction of sp³-hybridized carbons (Fsp3) is 1.00. The normalized spacial score (nSPS) is 38.7. The van der Waals surface area contributed by atoms with E-state index in [0.29, 0.717) is 5.04 Å². The Morgan fingerprint density at radius 1 is 1.40 bits per heavy atom. The monoisotopic (exact) mass is 160 g/mol. The van der Waals surface area contributed by atoms with Crippen LogP contribution in [0.15, 0.2) is 0 Å². The average molecular weight is 160 g/mol. The zero-order valence-electron chi connectivity index (χ0n) is 7.18. The van der Waals surface area contributed by atoms with Gasteiger partial charge in [0.05, 0.1) is 0 Å². The lowest BCUT2D eigenvalue weighted by atomic mass is 10.4. The van der Waals surface area contributed by atoms with Crippen molar-refractivity contribution < 1.29 is 8.85 Å². The highest BCUT2D eigenvalue weighted by Gasteiger charge is 2.55. The van der Waals surface area contributed by atoms with Crippen LogP contribution in [0.1, 0.15) is 20.3 Å². The summed E-state index contributed by atoms with van der Waals surface area (Å²) < 4.78 is 10.6. The molecule has 1 aliphatic carbocycles. The van der Waals surface area contributed by atoms with Gasteiger partial charge in [-0.1, -0.05) is 13.8 Å².